The van der Waals surface area contributed by atoms with Gasteiger partial charge in [0.25, 0.3) is 0 Å². The Hall–Kier alpha value is -1.26. The summed E-state index contributed by atoms with van der Waals surface area (Å²) in [6.45, 7) is 3.82. The number of nitrogens with zero attached hydrogens (tertiary/aromatic N) is 2. The molecule has 1 aromatic heterocycles. The Bertz CT molecular complexity index is 542. The lowest BCUT2D eigenvalue weighted by Crippen LogP contribution is -2.40. The predicted molar refractivity (Wildman–Crippen MR) is 74.4 cm³/mol. The van der Waals surface area contributed by atoms with Crippen molar-refractivity contribution >= 4 is 37.5 Å². The molecule has 0 saturated carbocycles. The average Bonchev–Trinajstić information content (AvgIpc) is 2.71. The number of carbonyl (C=O) groups excluding carboxylic acids is 1. The number of nitrogens with two attached hydrogens (primary N) is 1. The zero-order chi connectivity index (χ0) is 14.6. The number of aromatic nitrogens is 2. The summed E-state index contributed by atoms with van der Waals surface area (Å²) in [5.74, 6) is -0.321. The van der Waals surface area contributed by atoms with Gasteiger partial charge in [0.2, 0.25) is 26.2 Å². The van der Waals surface area contributed by atoms with E-state index < -0.39 is 16.1 Å². The number of hydrogen-bond acceptors (Lipinski definition) is 7. The molecule has 0 fully saturated rings. The second-order valence-corrected chi connectivity index (χ2v) is 6.91. The van der Waals surface area contributed by atoms with E-state index >= 15 is 0 Å². The smallest absolute Gasteiger partial charge is 0.243 e. The molecule has 1 rings (SSSR count). The molecular weight excluding hydrogens is 290 g/mol. The summed E-state index contributed by atoms with van der Waals surface area (Å²) in [5, 5.41) is 10.1. The fraction of sp³-hybridized carbons (Fsp3) is 0.667. The van der Waals surface area contributed by atoms with Crippen molar-refractivity contribution in [1.82, 2.24) is 10.2 Å². The molecule has 0 aromatic carbocycles. The first-order valence-electron chi connectivity index (χ1n) is 5.60. The number of rotatable bonds is 6. The van der Waals surface area contributed by atoms with Gasteiger partial charge in [-0.25, -0.2) is 8.42 Å². The van der Waals surface area contributed by atoms with Crippen LogP contribution < -0.4 is 15.8 Å². The van der Waals surface area contributed by atoms with Crippen LogP contribution in [-0.4, -0.2) is 36.8 Å². The van der Waals surface area contributed by atoms with Crippen LogP contribution in [0.15, 0.2) is 0 Å². The van der Waals surface area contributed by atoms with Gasteiger partial charge in [-0.3, -0.25) is 14.8 Å². The minimum Gasteiger partial charge on any atom is -0.320 e. The van der Waals surface area contributed by atoms with E-state index in [1.807, 2.05) is 13.8 Å². The largest absolute Gasteiger partial charge is 0.320 e. The summed E-state index contributed by atoms with van der Waals surface area (Å²) in [4.78, 5) is 11.8. The Morgan fingerprint density at radius 2 is 2.00 bits per heavy atom. The number of nitrogens with one attached hydrogen (secondary N) is 2. The molecule has 19 heavy (non-hydrogen) atoms. The second-order valence-electron chi connectivity index (χ2n) is 4.19. The second kappa shape index (κ2) is 6.26. The van der Waals surface area contributed by atoms with Crippen LogP contribution in [0.3, 0.4) is 0 Å². The molecule has 2 atom stereocenters. The Morgan fingerprint density at radius 3 is 2.53 bits per heavy atom. The highest BCUT2D eigenvalue weighted by molar-refractivity contribution is 7.92. The fourth-order valence-electron chi connectivity index (χ4n) is 1.17. The summed E-state index contributed by atoms with van der Waals surface area (Å²) in [7, 11) is -3.41. The van der Waals surface area contributed by atoms with Crippen molar-refractivity contribution in [3.63, 3.8) is 0 Å². The highest BCUT2D eigenvalue weighted by Crippen LogP contribution is 2.21. The molecule has 0 saturated heterocycles. The van der Waals surface area contributed by atoms with E-state index in [0.29, 0.717) is 0 Å². The van der Waals surface area contributed by atoms with Gasteiger partial charge in [0.1, 0.15) is 0 Å². The summed E-state index contributed by atoms with van der Waals surface area (Å²) < 4.78 is 24.2. The topological polar surface area (TPSA) is 127 Å². The molecule has 0 bridgehead atoms. The summed E-state index contributed by atoms with van der Waals surface area (Å²) in [5.41, 5.74) is 5.76. The van der Waals surface area contributed by atoms with Gasteiger partial charge < -0.3 is 5.73 Å². The normalized spacial score (nSPS) is 14.7. The highest BCUT2D eigenvalue weighted by Gasteiger charge is 2.20. The minimum atomic E-state index is -3.41. The molecule has 0 spiro atoms. The van der Waals surface area contributed by atoms with Gasteiger partial charge >= 0.3 is 0 Å². The molecule has 0 radical (unpaired) electrons. The van der Waals surface area contributed by atoms with Gasteiger partial charge in [0.05, 0.1) is 12.3 Å². The zero-order valence-corrected chi connectivity index (χ0v) is 12.5. The molecule has 1 heterocycles. The molecule has 0 aliphatic carbocycles. The van der Waals surface area contributed by atoms with E-state index in [-0.39, 0.29) is 22.1 Å². The Morgan fingerprint density at radius 1 is 1.42 bits per heavy atom. The molecule has 2 unspecified atom stereocenters. The van der Waals surface area contributed by atoms with Crippen molar-refractivity contribution in [3.8, 4) is 0 Å². The summed E-state index contributed by atoms with van der Waals surface area (Å²) in [6.07, 6.45) is 1.79. The number of carbonyl (C=O) groups is 1. The van der Waals surface area contributed by atoms with Gasteiger partial charge in [0, 0.05) is 0 Å². The third kappa shape index (κ3) is 5.09. The van der Waals surface area contributed by atoms with Crippen LogP contribution in [0, 0.1) is 5.92 Å². The maximum absolute atomic E-state index is 11.8. The van der Waals surface area contributed by atoms with E-state index in [1.165, 1.54) is 0 Å². The van der Waals surface area contributed by atoms with Crippen molar-refractivity contribution in [2.75, 3.05) is 16.3 Å². The maximum atomic E-state index is 11.8. The zero-order valence-electron chi connectivity index (χ0n) is 10.9. The quantitative estimate of drug-likeness (QED) is 0.690. The molecule has 0 aliphatic rings. The van der Waals surface area contributed by atoms with Crippen LogP contribution in [-0.2, 0) is 14.8 Å². The Labute approximate surface area is 115 Å². The number of anilines is 2. The average molecular weight is 307 g/mol. The summed E-state index contributed by atoms with van der Waals surface area (Å²) in [6, 6.07) is -0.639. The number of sulfonamides is 1. The van der Waals surface area contributed by atoms with Crippen LogP contribution in [0.2, 0.25) is 0 Å². The minimum absolute atomic E-state index is 0.0431. The SMILES string of the molecule is CCC(C)C(N)C(=O)Nc1nnc(NS(C)(=O)=O)s1. The Balaban J connectivity index is 2.66. The van der Waals surface area contributed by atoms with E-state index in [2.05, 4.69) is 20.2 Å². The van der Waals surface area contributed by atoms with Crippen LogP contribution in [0.25, 0.3) is 0 Å². The van der Waals surface area contributed by atoms with E-state index in [9.17, 15) is 13.2 Å². The third-order valence-electron chi connectivity index (χ3n) is 2.49. The van der Waals surface area contributed by atoms with Crippen molar-refractivity contribution in [2.45, 2.75) is 26.3 Å². The number of hydrogen-bond donors (Lipinski definition) is 3. The van der Waals surface area contributed by atoms with Crippen LogP contribution in [0.5, 0.6) is 0 Å². The Kier molecular flexibility index (Phi) is 5.20. The van der Waals surface area contributed by atoms with Crippen molar-refractivity contribution < 1.29 is 13.2 Å². The van der Waals surface area contributed by atoms with Crippen molar-refractivity contribution in [3.05, 3.63) is 0 Å². The first-order valence-corrected chi connectivity index (χ1v) is 8.31. The highest BCUT2D eigenvalue weighted by atomic mass is 32.2. The van der Waals surface area contributed by atoms with Crippen LogP contribution in [0.1, 0.15) is 20.3 Å². The first-order chi connectivity index (χ1) is 8.73. The molecule has 1 aromatic rings. The van der Waals surface area contributed by atoms with E-state index in [1.54, 1.807) is 0 Å². The summed E-state index contributed by atoms with van der Waals surface area (Å²) >= 11 is 0.925. The standard InChI is InChI=1S/C9H17N5O3S2/c1-4-5(2)6(10)7(15)11-8-12-13-9(18-8)14-19(3,16)17/h5-6H,4,10H2,1-3H3,(H,13,14)(H,11,12,15). The van der Waals surface area contributed by atoms with E-state index in [4.69, 9.17) is 5.73 Å². The lowest BCUT2D eigenvalue weighted by Gasteiger charge is -2.16. The third-order valence-corrected chi connectivity index (χ3v) is 3.94. The predicted octanol–water partition coefficient (Wildman–Crippen LogP) is 0.221. The first kappa shape index (κ1) is 15.8. The van der Waals surface area contributed by atoms with Crippen molar-refractivity contribution in [2.24, 2.45) is 11.7 Å². The number of amides is 1. The molecular formula is C9H17N5O3S2. The lowest BCUT2D eigenvalue weighted by atomic mass is 10.00. The molecule has 1 amide bonds. The molecule has 108 valence electrons. The van der Waals surface area contributed by atoms with E-state index in [0.717, 1.165) is 24.0 Å². The van der Waals surface area contributed by atoms with Gasteiger partial charge in [0.15, 0.2) is 0 Å². The van der Waals surface area contributed by atoms with Crippen LogP contribution >= 0.6 is 11.3 Å². The molecule has 0 aliphatic heterocycles. The molecule has 4 N–H and O–H groups in total. The van der Waals surface area contributed by atoms with Gasteiger partial charge in [-0.15, -0.1) is 10.2 Å². The van der Waals surface area contributed by atoms with Crippen LogP contribution in [0.4, 0.5) is 10.3 Å². The van der Waals surface area contributed by atoms with Gasteiger partial charge in [-0.2, -0.15) is 0 Å². The monoisotopic (exact) mass is 307 g/mol. The molecule has 10 heteroatoms. The fourth-order valence-corrected chi connectivity index (χ4v) is 2.65. The van der Waals surface area contributed by atoms with Gasteiger partial charge in [-0.1, -0.05) is 31.6 Å². The van der Waals surface area contributed by atoms with Gasteiger partial charge in [-0.05, 0) is 5.92 Å². The maximum Gasteiger partial charge on any atom is 0.243 e. The molecule has 8 nitrogen and oxygen atoms in total. The lowest BCUT2D eigenvalue weighted by molar-refractivity contribution is -0.118. The van der Waals surface area contributed by atoms with Crippen molar-refractivity contribution in [1.29, 1.82) is 0 Å².